The van der Waals surface area contributed by atoms with Crippen LogP contribution in [0.25, 0.3) is 0 Å². The number of benzene rings is 2. The highest BCUT2D eigenvalue weighted by Gasteiger charge is 2.22. The van der Waals surface area contributed by atoms with Crippen LogP contribution in [0.5, 0.6) is 0 Å². The summed E-state index contributed by atoms with van der Waals surface area (Å²) in [7, 11) is -3.72. The van der Waals surface area contributed by atoms with Crippen LogP contribution in [-0.2, 0) is 10.0 Å². The van der Waals surface area contributed by atoms with E-state index < -0.39 is 28.8 Å². The first-order valence-electron chi connectivity index (χ1n) is 6.94. The van der Waals surface area contributed by atoms with E-state index in [0.717, 1.165) is 0 Å². The van der Waals surface area contributed by atoms with Crippen LogP contribution < -0.4 is 4.72 Å². The van der Waals surface area contributed by atoms with Crippen molar-refractivity contribution in [3.05, 3.63) is 66.2 Å². The van der Waals surface area contributed by atoms with Crippen molar-refractivity contribution in [1.29, 1.82) is 0 Å². The number of hydrogen-bond donors (Lipinski definition) is 3. The lowest BCUT2D eigenvalue weighted by Crippen LogP contribution is -2.38. The van der Waals surface area contributed by atoms with E-state index in [1.165, 1.54) is 12.1 Å². The zero-order chi connectivity index (χ0) is 16.0. The second-order valence-corrected chi connectivity index (χ2v) is 6.69. The highest BCUT2D eigenvalue weighted by molar-refractivity contribution is 7.89. The minimum absolute atomic E-state index is 0.0899. The number of nitrogens with one attached hydrogen (secondary N) is 1. The van der Waals surface area contributed by atoms with Crippen molar-refractivity contribution in [3.63, 3.8) is 0 Å². The molecule has 0 aliphatic rings. The summed E-state index contributed by atoms with van der Waals surface area (Å²) in [4.78, 5) is 0.127. The second-order valence-electron chi connectivity index (χ2n) is 4.98. The van der Waals surface area contributed by atoms with E-state index >= 15 is 0 Å². The van der Waals surface area contributed by atoms with Gasteiger partial charge in [0, 0.05) is 6.04 Å². The fourth-order valence-corrected chi connectivity index (χ4v) is 3.39. The molecular weight excluding hydrogens is 302 g/mol. The average molecular weight is 321 g/mol. The molecule has 0 amide bonds. The highest BCUT2D eigenvalue weighted by Crippen LogP contribution is 2.19. The zero-order valence-electron chi connectivity index (χ0n) is 12.0. The summed E-state index contributed by atoms with van der Waals surface area (Å²) in [5, 5.41) is 19.5. The SMILES string of the molecule is O=S(=O)(N[C@@H](CO)C[C@@H](O)c1ccccc1)c1ccccc1. The van der Waals surface area contributed by atoms with E-state index in [0.29, 0.717) is 5.56 Å². The Morgan fingerprint density at radius 3 is 2.05 bits per heavy atom. The predicted molar refractivity (Wildman–Crippen MR) is 83.7 cm³/mol. The summed E-state index contributed by atoms with van der Waals surface area (Å²) in [6, 6.07) is 16.1. The molecule has 0 saturated carbocycles. The van der Waals surface area contributed by atoms with Gasteiger partial charge in [-0.05, 0) is 24.1 Å². The van der Waals surface area contributed by atoms with E-state index in [-0.39, 0.29) is 11.3 Å². The summed E-state index contributed by atoms with van der Waals surface area (Å²) in [5.41, 5.74) is 0.680. The maximum absolute atomic E-state index is 12.2. The first-order chi connectivity index (χ1) is 10.5. The molecule has 118 valence electrons. The topological polar surface area (TPSA) is 86.6 Å². The molecule has 0 aliphatic carbocycles. The molecule has 2 aromatic rings. The smallest absolute Gasteiger partial charge is 0.240 e. The van der Waals surface area contributed by atoms with E-state index in [9.17, 15) is 18.6 Å². The van der Waals surface area contributed by atoms with E-state index in [2.05, 4.69) is 4.72 Å². The molecule has 0 heterocycles. The summed E-state index contributed by atoms with van der Waals surface area (Å²) >= 11 is 0. The molecule has 3 N–H and O–H groups in total. The van der Waals surface area contributed by atoms with Crippen molar-refractivity contribution >= 4 is 10.0 Å². The number of aliphatic hydroxyl groups excluding tert-OH is 2. The molecule has 6 heteroatoms. The van der Waals surface area contributed by atoms with Crippen LogP contribution in [0.1, 0.15) is 18.1 Å². The van der Waals surface area contributed by atoms with Gasteiger partial charge < -0.3 is 10.2 Å². The van der Waals surface area contributed by atoms with Gasteiger partial charge in [-0.25, -0.2) is 13.1 Å². The monoisotopic (exact) mass is 321 g/mol. The van der Waals surface area contributed by atoms with Crippen LogP contribution in [0.15, 0.2) is 65.6 Å². The standard InChI is InChI=1S/C16H19NO4S/c18-12-14(11-16(19)13-7-3-1-4-8-13)17-22(20,21)15-9-5-2-6-10-15/h1-10,14,16-19H,11-12H2/t14-,16-/m1/s1. The summed E-state index contributed by atoms with van der Waals surface area (Å²) in [6.07, 6.45) is -0.760. The molecule has 0 unspecified atom stereocenters. The fraction of sp³-hybridized carbons (Fsp3) is 0.250. The van der Waals surface area contributed by atoms with Crippen molar-refractivity contribution in [2.45, 2.75) is 23.5 Å². The molecule has 5 nitrogen and oxygen atoms in total. The zero-order valence-corrected chi connectivity index (χ0v) is 12.8. The molecule has 0 spiro atoms. The molecule has 2 aromatic carbocycles. The predicted octanol–water partition coefficient (Wildman–Crippen LogP) is 1.45. The van der Waals surface area contributed by atoms with Crippen LogP contribution in [0.3, 0.4) is 0 Å². The Morgan fingerprint density at radius 1 is 0.955 bits per heavy atom. The average Bonchev–Trinajstić information content (AvgIpc) is 2.55. The van der Waals surface area contributed by atoms with Crippen LogP contribution in [-0.4, -0.2) is 31.3 Å². The van der Waals surface area contributed by atoms with E-state index in [1.54, 1.807) is 42.5 Å². The Kier molecular flexibility index (Phi) is 5.68. The Hall–Kier alpha value is -1.73. The molecule has 0 fully saturated rings. The molecule has 22 heavy (non-hydrogen) atoms. The molecule has 2 rings (SSSR count). The van der Waals surface area contributed by atoms with E-state index in [4.69, 9.17) is 0 Å². The third-order valence-electron chi connectivity index (χ3n) is 3.29. The Bertz CT molecular complexity index is 674. The lowest BCUT2D eigenvalue weighted by molar-refractivity contribution is 0.136. The van der Waals surface area contributed by atoms with Gasteiger partial charge >= 0.3 is 0 Å². The van der Waals surface area contributed by atoms with Gasteiger partial charge in [0.05, 0.1) is 17.6 Å². The minimum atomic E-state index is -3.72. The Balaban J connectivity index is 2.06. The Morgan fingerprint density at radius 2 is 1.50 bits per heavy atom. The molecule has 0 aromatic heterocycles. The van der Waals surface area contributed by atoms with Crippen molar-refractivity contribution in [2.24, 2.45) is 0 Å². The number of sulfonamides is 1. The maximum atomic E-state index is 12.2. The first kappa shape index (κ1) is 16.6. The number of rotatable bonds is 7. The van der Waals surface area contributed by atoms with Crippen LogP contribution in [0.4, 0.5) is 0 Å². The highest BCUT2D eigenvalue weighted by atomic mass is 32.2. The quantitative estimate of drug-likeness (QED) is 0.720. The van der Waals surface area contributed by atoms with Crippen LogP contribution >= 0.6 is 0 Å². The van der Waals surface area contributed by atoms with Gasteiger partial charge in [-0.2, -0.15) is 0 Å². The summed E-state index contributed by atoms with van der Waals surface area (Å²) in [5.74, 6) is 0. The van der Waals surface area contributed by atoms with Crippen molar-refractivity contribution in [3.8, 4) is 0 Å². The van der Waals surface area contributed by atoms with Gasteiger partial charge in [-0.15, -0.1) is 0 Å². The van der Waals surface area contributed by atoms with Crippen molar-refractivity contribution in [1.82, 2.24) is 4.72 Å². The molecule has 2 atom stereocenters. The van der Waals surface area contributed by atoms with E-state index in [1.807, 2.05) is 6.07 Å². The number of aliphatic hydroxyl groups is 2. The van der Waals surface area contributed by atoms with Crippen LogP contribution in [0, 0.1) is 0 Å². The third-order valence-corrected chi connectivity index (χ3v) is 4.82. The fourth-order valence-electron chi connectivity index (χ4n) is 2.13. The molecular formula is C16H19NO4S. The Labute approximate surface area is 130 Å². The van der Waals surface area contributed by atoms with Gasteiger partial charge in [0.1, 0.15) is 0 Å². The molecule has 0 bridgehead atoms. The lowest BCUT2D eigenvalue weighted by atomic mass is 10.0. The van der Waals surface area contributed by atoms with Gasteiger partial charge in [-0.1, -0.05) is 48.5 Å². The molecule has 0 radical (unpaired) electrons. The lowest BCUT2D eigenvalue weighted by Gasteiger charge is -2.20. The van der Waals surface area contributed by atoms with Gasteiger partial charge in [0.25, 0.3) is 0 Å². The maximum Gasteiger partial charge on any atom is 0.240 e. The van der Waals surface area contributed by atoms with Gasteiger partial charge in [0.2, 0.25) is 10.0 Å². The van der Waals surface area contributed by atoms with Gasteiger partial charge in [-0.3, -0.25) is 0 Å². The van der Waals surface area contributed by atoms with Crippen LogP contribution in [0.2, 0.25) is 0 Å². The van der Waals surface area contributed by atoms with Gasteiger partial charge in [0.15, 0.2) is 0 Å². The third kappa shape index (κ3) is 4.38. The van der Waals surface area contributed by atoms with Crippen molar-refractivity contribution < 1.29 is 18.6 Å². The normalized spacial score (nSPS) is 14.5. The first-order valence-corrected chi connectivity index (χ1v) is 8.42. The largest absolute Gasteiger partial charge is 0.395 e. The number of hydrogen-bond acceptors (Lipinski definition) is 4. The van der Waals surface area contributed by atoms with Crippen molar-refractivity contribution in [2.75, 3.05) is 6.61 Å². The summed E-state index contributed by atoms with van der Waals surface area (Å²) < 4.78 is 26.9. The molecule has 0 aliphatic heterocycles. The summed E-state index contributed by atoms with van der Waals surface area (Å²) in [6.45, 7) is -0.393. The minimum Gasteiger partial charge on any atom is -0.395 e. The molecule has 0 saturated heterocycles. The second kappa shape index (κ2) is 7.51.